The minimum absolute atomic E-state index is 0.00631. The maximum atomic E-state index is 12.9. The number of hydrogen-bond donors (Lipinski definition) is 4. The molecule has 4 N–H and O–H groups in total. The van der Waals surface area contributed by atoms with E-state index in [1.807, 2.05) is 29.8 Å². The van der Waals surface area contributed by atoms with Gasteiger partial charge in [0.05, 0.1) is 25.4 Å². The van der Waals surface area contributed by atoms with Crippen LogP contribution in [0.5, 0.6) is 0 Å². The van der Waals surface area contributed by atoms with Gasteiger partial charge in [0.15, 0.2) is 6.29 Å². The van der Waals surface area contributed by atoms with Crippen molar-refractivity contribution in [1.29, 1.82) is 5.26 Å². The maximum absolute atomic E-state index is 12.9. The van der Waals surface area contributed by atoms with Crippen molar-refractivity contribution in [3.8, 4) is 17.3 Å². The first-order chi connectivity index (χ1) is 20.3. The van der Waals surface area contributed by atoms with Gasteiger partial charge in [0.25, 0.3) is 5.91 Å². The zero-order chi connectivity index (χ0) is 29.6. The fourth-order valence-electron chi connectivity index (χ4n) is 5.70. The number of aliphatic hydroxyl groups excluding tert-OH is 2. The minimum Gasteiger partial charge on any atom is -0.393 e. The van der Waals surface area contributed by atoms with Crippen LogP contribution in [0.15, 0.2) is 54.1 Å². The molecule has 222 valence electrons. The van der Waals surface area contributed by atoms with Gasteiger partial charge in [0, 0.05) is 69.7 Å². The predicted molar refractivity (Wildman–Crippen MR) is 161 cm³/mol. The largest absolute Gasteiger partial charge is 0.393 e. The molecule has 2 aromatic carbocycles. The molecule has 5 rings (SSSR count). The van der Waals surface area contributed by atoms with E-state index in [9.17, 15) is 20.3 Å². The first-order valence-electron chi connectivity index (χ1n) is 14.5. The van der Waals surface area contributed by atoms with Gasteiger partial charge in [-0.05, 0) is 59.2 Å². The molecule has 0 spiro atoms. The van der Waals surface area contributed by atoms with Crippen molar-refractivity contribution in [3.05, 3.63) is 59.8 Å². The molecule has 0 aliphatic carbocycles. The third-order valence-electron chi connectivity index (χ3n) is 8.07. The Morgan fingerprint density at radius 1 is 1.07 bits per heavy atom. The summed E-state index contributed by atoms with van der Waals surface area (Å²) >= 11 is 0. The van der Waals surface area contributed by atoms with E-state index < -0.39 is 24.4 Å². The number of fused-ring (bicyclic) bond motifs is 1. The van der Waals surface area contributed by atoms with Crippen molar-refractivity contribution in [1.82, 2.24) is 14.8 Å². The molecule has 10 nitrogen and oxygen atoms in total. The van der Waals surface area contributed by atoms with E-state index in [2.05, 4.69) is 51.9 Å². The number of carbonyl (C=O) groups is 1. The van der Waals surface area contributed by atoms with Gasteiger partial charge in [-0.1, -0.05) is 18.2 Å². The van der Waals surface area contributed by atoms with Crippen LogP contribution in [-0.4, -0.2) is 90.0 Å². The highest BCUT2D eigenvalue weighted by Crippen LogP contribution is 2.30. The van der Waals surface area contributed by atoms with E-state index in [-0.39, 0.29) is 18.5 Å². The Hall–Kier alpha value is -3.72. The molecule has 3 atom stereocenters. The molecule has 3 unspecified atom stereocenters. The van der Waals surface area contributed by atoms with Crippen LogP contribution >= 0.6 is 0 Å². The van der Waals surface area contributed by atoms with Crippen molar-refractivity contribution >= 4 is 27.9 Å². The lowest BCUT2D eigenvalue weighted by atomic mass is 10.0. The number of anilines is 1. The van der Waals surface area contributed by atoms with Crippen LogP contribution in [0.2, 0.25) is 0 Å². The molecule has 2 aliphatic rings. The van der Waals surface area contributed by atoms with E-state index in [4.69, 9.17) is 9.47 Å². The summed E-state index contributed by atoms with van der Waals surface area (Å²) in [5.41, 5.74) is 4.42. The zero-order valence-corrected chi connectivity index (χ0v) is 24.2. The van der Waals surface area contributed by atoms with Crippen LogP contribution in [0.4, 0.5) is 5.69 Å². The summed E-state index contributed by atoms with van der Waals surface area (Å²) in [7, 11) is 1.92. The van der Waals surface area contributed by atoms with E-state index in [0.29, 0.717) is 12.0 Å². The Balaban J connectivity index is 1.26. The standard InChI is InChI=1S/C32H39N5O5/c1-21(28(19-33)32(40)35-20-27-17-26(38)18-31(39)42-27)29-7-8-30(36(29)2)24-4-3-23-16-25(6-5-22(23)15-24)34-9-10-37-11-13-41-14-12-37/h3-8,15-16,26-27,31,34,38-39H,9-14,17-18,20H2,1-2H3,(H,35,40)/b28-21+. The summed E-state index contributed by atoms with van der Waals surface area (Å²) in [6, 6.07) is 18.7. The van der Waals surface area contributed by atoms with Crippen molar-refractivity contribution < 1.29 is 24.5 Å². The molecule has 3 heterocycles. The van der Waals surface area contributed by atoms with Crippen LogP contribution in [0.25, 0.3) is 27.6 Å². The lowest BCUT2D eigenvalue weighted by Crippen LogP contribution is -2.42. The molecule has 3 aromatic rings. The second-order valence-corrected chi connectivity index (χ2v) is 11.0. The third kappa shape index (κ3) is 7.01. The third-order valence-corrected chi connectivity index (χ3v) is 8.07. The molecule has 10 heteroatoms. The van der Waals surface area contributed by atoms with Gasteiger partial charge in [-0.2, -0.15) is 5.26 Å². The normalized spacial score (nSPS) is 21.9. The number of nitrogens with one attached hydrogen (secondary N) is 2. The average Bonchev–Trinajstić information content (AvgIpc) is 3.37. The average molecular weight is 574 g/mol. The van der Waals surface area contributed by atoms with Gasteiger partial charge in [0.1, 0.15) is 11.6 Å². The predicted octanol–water partition coefficient (Wildman–Crippen LogP) is 2.86. The van der Waals surface area contributed by atoms with Gasteiger partial charge >= 0.3 is 0 Å². The maximum Gasteiger partial charge on any atom is 0.262 e. The summed E-state index contributed by atoms with van der Waals surface area (Å²) in [5.74, 6) is -0.518. The molecule has 2 saturated heterocycles. The molecular formula is C32H39N5O5. The lowest BCUT2D eigenvalue weighted by Gasteiger charge is -2.30. The first-order valence-corrected chi connectivity index (χ1v) is 14.5. The molecule has 1 aromatic heterocycles. The number of aromatic nitrogens is 1. The summed E-state index contributed by atoms with van der Waals surface area (Å²) in [5, 5.41) is 37.9. The molecule has 2 fully saturated rings. The minimum atomic E-state index is -1.07. The van der Waals surface area contributed by atoms with Crippen LogP contribution in [0.3, 0.4) is 0 Å². The summed E-state index contributed by atoms with van der Waals surface area (Å²) in [4.78, 5) is 15.3. The number of aliphatic hydroxyl groups is 2. The van der Waals surface area contributed by atoms with Crippen molar-refractivity contribution in [3.63, 3.8) is 0 Å². The van der Waals surface area contributed by atoms with E-state index in [1.54, 1.807) is 6.92 Å². The number of amides is 1. The number of nitriles is 1. The molecular weight excluding hydrogens is 534 g/mol. The molecule has 1 amide bonds. The summed E-state index contributed by atoms with van der Waals surface area (Å²) in [6.45, 7) is 7.30. The van der Waals surface area contributed by atoms with Gasteiger partial charge in [-0.3, -0.25) is 9.69 Å². The number of morpholine rings is 1. The number of hydrogen-bond acceptors (Lipinski definition) is 8. The summed E-state index contributed by atoms with van der Waals surface area (Å²) in [6.07, 6.45) is -1.83. The van der Waals surface area contributed by atoms with Gasteiger partial charge in [-0.15, -0.1) is 0 Å². The topological polar surface area (TPSA) is 132 Å². The quantitative estimate of drug-likeness (QED) is 0.227. The zero-order valence-electron chi connectivity index (χ0n) is 24.2. The van der Waals surface area contributed by atoms with Crippen molar-refractivity contribution in [2.75, 3.05) is 51.3 Å². The first kappa shape index (κ1) is 29.8. The smallest absolute Gasteiger partial charge is 0.262 e. The molecule has 0 bridgehead atoms. The fraction of sp³-hybridized carbons (Fsp3) is 0.438. The number of ether oxygens (including phenoxy) is 2. The van der Waals surface area contributed by atoms with Gasteiger partial charge in [-0.25, -0.2) is 0 Å². The number of nitrogens with zero attached hydrogens (tertiary/aromatic N) is 3. The fourth-order valence-corrected chi connectivity index (χ4v) is 5.70. The Bertz CT molecular complexity index is 1480. The van der Waals surface area contributed by atoms with Crippen LogP contribution < -0.4 is 10.6 Å². The van der Waals surface area contributed by atoms with Crippen molar-refractivity contribution in [2.45, 2.75) is 38.3 Å². The molecule has 42 heavy (non-hydrogen) atoms. The Morgan fingerprint density at radius 2 is 1.83 bits per heavy atom. The van der Waals surface area contributed by atoms with Crippen molar-refractivity contribution in [2.24, 2.45) is 7.05 Å². The number of benzene rings is 2. The number of allylic oxidation sites excluding steroid dienone is 1. The number of rotatable bonds is 9. The Morgan fingerprint density at radius 3 is 2.60 bits per heavy atom. The summed E-state index contributed by atoms with van der Waals surface area (Å²) < 4.78 is 12.8. The second-order valence-electron chi connectivity index (χ2n) is 11.0. The Kier molecular flexibility index (Phi) is 9.57. The lowest BCUT2D eigenvalue weighted by molar-refractivity contribution is -0.187. The molecule has 0 radical (unpaired) electrons. The monoisotopic (exact) mass is 573 g/mol. The molecule has 2 aliphatic heterocycles. The van der Waals surface area contributed by atoms with E-state index in [0.717, 1.165) is 72.8 Å². The van der Waals surface area contributed by atoms with Crippen LogP contribution in [-0.2, 0) is 21.3 Å². The van der Waals surface area contributed by atoms with Crippen LogP contribution in [0.1, 0.15) is 25.5 Å². The SMILES string of the molecule is C/C(=C(/C#N)C(=O)NCC1CC(O)CC(O)O1)c1ccc(-c2ccc3cc(NCCN4CCOCC4)ccc3c2)n1C. The number of carbonyl (C=O) groups excluding carboxylic acids is 1. The van der Waals surface area contributed by atoms with E-state index in [1.165, 1.54) is 0 Å². The Labute approximate surface area is 246 Å². The van der Waals surface area contributed by atoms with Gasteiger partial charge < -0.3 is 34.9 Å². The highest BCUT2D eigenvalue weighted by Gasteiger charge is 2.28. The van der Waals surface area contributed by atoms with Gasteiger partial charge in [0.2, 0.25) is 0 Å². The molecule has 0 saturated carbocycles. The highest BCUT2D eigenvalue weighted by atomic mass is 16.6. The highest BCUT2D eigenvalue weighted by molar-refractivity contribution is 6.04. The second kappa shape index (κ2) is 13.5. The van der Waals surface area contributed by atoms with Crippen LogP contribution in [0, 0.1) is 11.3 Å². The van der Waals surface area contributed by atoms with E-state index >= 15 is 0 Å².